The van der Waals surface area contributed by atoms with Crippen LogP contribution in [0.5, 0.6) is 23.0 Å². The maximum Gasteiger partial charge on any atom is 0.250 e. The van der Waals surface area contributed by atoms with Gasteiger partial charge in [0.1, 0.15) is 35.2 Å². The van der Waals surface area contributed by atoms with Crippen LogP contribution >= 0.6 is 0 Å². The fourth-order valence-corrected chi connectivity index (χ4v) is 5.33. The molecular weight excluding hydrogens is 420 g/mol. The molecule has 3 aliphatic heterocycles. The van der Waals surface area contributed by atoms with Gasteiger partial charge in [0, 0.05) is 17.2 Å². The van der Waals surface area contributed by atoms with Crippen LogP contribution in [0.25, 0.3) is 6.08 Å². The normalized spacial score (nSPS) is 24.8. The molecule has 0 amide bonds. The van der Waals surface area contributed by atoms with Crippen LogP contribution in [0.3, 0.4) is 0 Å². The Labute approximate surface area is 191 Å². The number of hydrogen-bond acceptors (Lipinski definition) is 5. The fraction of sp³-hybridized carbons (Fsp3) is 0.462. The molecule has 0 saturated carbocycles. The SMILES string of the molecule is CC1(C)C=Cc2c(ccc3c2OC[C@@]2(O)c4ccc(O[Si](C)(C)C(C)(C)C)cc4O[C@@H]32)O1. The monoisotopic (exact) mass is 452 g/mol. The Kier molecular flexibility index (Phi) is 4.38. The summed E-state index contributed by atoms with van der Waals surface area (Å²) in [6.45, 7) is 15.2. The average Bonchev–Trinajstić information content (AvgIpc) is 2.97. The molecule has 5 rings (SSSR count). The molecule has 0 radical (unpaired) electrons. The lowest BCUT2D eigenvalue weighted by Gasteiger charge is -2.37. The predicted octanol–water partition coefficient (Wildman–Crippen LogP) is 5.97. The second kappa shape index (κ2) is 6.55. The number of aliphatic hydroxyl groups is 1. The first-order chi connectivity index (χ1) is 14.8. The highest BCUT2D eigenvalue weighted by Gasteiger charge is 2.54. The van der Waals surface area contributed by atoms with Crippen molar-refractivity contribution in [3.05, 3.63) is 53.1 Å². The van der Waals surface area contributed by atoms with Gasteiger partial charge in [-0.3, -0.25) is 0 Å². The molecule has 0 bridgehead atoms. The molecule has 0 fully saturated rings. The molecule has 0 unspecified atom stereocenters. The summed E-state index contributed by atoms with van der Waals surface area (Å²) in [5.41, 5.74) is 0.849. The van der Waals surface area contributed by atoms with Crippen LogP contribution < -0.4 is 18.6 Å². The smallest absolute Gasteiger partial charge is 0.250 e. The van der Waals surface area contributed by atoms with Gasteiger partial charge < -0.3 is 23.7 Å². The van der Waals surface area contributed by atoms with Crippen LogP contribution in [0.15, 0.2) is 36.4 Å². The molecule has 3 heterocycles. The zero-order valence-corrected chi connectivity index (χ0v) is 20.9. The summed E-state index contributed by atoms with van der Waals surface area (Å²) in [5.74, 6) is 2.93. The van der Waals surface area contributed by atoms with Crippen molar-refractivity contribution >= 4 is 14.4 Å². The molecule has 2 atom stereocenters. The van der Waals surface area contributed by atoms with Gasteiger partial charge in [-0.2, -0.15) is 0 Å². The van der Waals surface area contributed by atoms with Gasteiger partial charge in [-0.05, 0) is 68.4 Å². The summed E-state index contributed by atoms with van der Waals surface area (Å²) in [7, 11) is -1.99. The highest BCUT2D eigenvalue weighted by atomic mass is 28.4. The Balaban J connectivity index is 1.50. The zero-order valence-electron chi connectivity index (χ0n) is 19.9. The van der Waals surface area contributed by atoms with Crippen LogP contribution in [0.4, 0.5) is 0 Å². The lowest BCUT2D eigenvalue weighted by molar-refractivity contribution is -0.0865. The summed E-state index contributed by atoms with van der Waals surface area (Å²) < 4.78 is 25.0. The molecule has 0 aliphatic carbocycles. The van der Waals surface area contributed by atoms with Gasteiger partial charge in [-0.15, -0.1) is 0 Å². The van der Waals surface area contributed by atoms with Crippen molar-refractivity contribution in [2.75, 3.05) is 6.61 Å². The second-order valence-electron chi connectivity index (χ2n) is 11.2. The van der Waals surface area contributed by atoms with Crippen LogP contribution in [-0.4, -0.2) is 25.6 Å². The summed E-state index contributed by atoms with van der Waals surface area (Å²) >= 11 is 0. The Morgan fingerprint density at radius 3 is 2.56 bits per heavy atom. The summed E-state index contributed by atoms with van der Waals surface area (Å²) in [6, 6.07) is 9.64. The van der Waals surface area contributed by atoms with E-state index in [0.29, 0.717) is 5.75 Å². The van der Waals surface area contributed by atoms with Gasteiger partial charge in [-0.1, -0.05) is 20.8 Å². The zero-order chi connectivity index (χ0) is 23.1. The van der Waals surface area contributed by atoms with Gasteiger partial charge in [0.15, 0.2) is 11.7 Å². The minimum absolute atomic E-state index is 0.0923. The van der Waals surface area contributed by atoms with E-state index >= 15 is 0 Å². The molecule has 0 spiro atoms. The fourth-order valence-electron chi connectivity index (χ4n) is 4.31. The number of ether oxygens (including phenoxy) is 3. The van der Waals surface area contributed by atoms with Crippen LogP contribution in [0.2, 0.25) is 18.1 Å². The Morgan fingerprint density at radius 2 is 1.84 bits per heavy atom. The quantitative estimate of drug-likeness (QED) is 0.569. The molecule has 1 N–H and O–H groups in total. The Morgan fingerprint density at radius 1 is 1.09 bits per heavy atom. The van der Waals surface area contributed by atoms with E-state index < -0.39 is 20.0 Å². The van der Waals surface area contributed by atoms with E-state index in [4.69, 9.17) is 18.6 Å². The van der Waals surface area contributed by atoms with Gasteiger partial charge in [-0.25, -0.2) is 0 Å². The van der Waals surface area contributed by atoms with E-state index in [0.717, 1.165) is 33.9 Å². The molecule has 0 saturated heterocycles. The van der Waals surface area contributed by atoms with E-state index in [-0.39, 0.29) is 17.2 Å². The van der Waals surface area contributed by atoms with E-state index in [9.17, 15) is 5.11 Å². The topological polar surface area (TPSA) is 57.2 Å². The van der Waals surface area contributed by atoms with E-state index in [2.05, 4.69) is 33.9 Å². The van der Waals surface area contributed by atoms with E-state index in [1.165, 1.54) is 0 Å². The lowest BCUT2D eigenvalue weighted by atomic mass is 9.83. The van der Waals surface area contributed by atoms with E-state index in [1.807, 2.05) is 56.3 Å². The third-order valence-electron chi connectivity index (χ3n) is 7.21. The molecule has 5 nitrogen and oxygen atoms in total. The Bertz CT molecular complexity index is 1130. The first kappa shape index (κ1) is 21.4. The third-order valence-corrected chi connectivity index (χ3v) is 11.6. The van der Waals surface area contributed by atoms with Crippen molar-refractivity contribution < 1.29 is 23.7 Å². The molecule has 3 aliphatic rings. The average molecular weight is 453 g/mol. The Hall–Kier alpha value is -2.44. The highest BCUT2D eigenvalue weighted by molar-refractivity contribution is 6.74. The molecule has 2 aromatic carbocycles. The number of hydrogen-bond donors (Lipinski definition) is 1. The standard InChI is InChI=1S/C26H32O5Si/c1-24(2,3)32(6,7)31-16-8-10-19-21(14-16)29-23-18-9-11-20-17(12-13-25(4,5)30-20)22(18)28-15-26(19,23)27/h8-14,23,27H,15H2,1-7H3/t23-,26+/m0/s1. The minimum Gasteiger partial charge on any atom is -0.543 e. The maximum absolute atomic E-state index is 11.6. The maximum atomic E-state index is 11.6. The molecule has 0 aromatic heterocycles. The first-order valence-corrected chi connectivity index (χ1v) is 14.1. The minimum atomic E-state index is -1.99. The highest BCUT2D eigenvalue weighted by Crippen LogP contribution is 2.56. The van der Waals surface area contributed by atoms with Crippen LogP contribution in [-0.2, 0) is 5.60 Å². The van der Waals surface area contributed by atoms with Gasteiger partial charge >= 0.3 is 0 Å². The molecular formula is C26H32O5Si. The van der Waals surface area contributed by atoms with Crippen molar-refractivity contribution in [3.8, 4) is 23.0 Å². The van der Waals surface area contributed by atoms with Crippen molar-refractivity contribution in [1.29, 1.82) is 0 Å². The summed E-state index contributed by atoms with van der Waals surface area (Å²) in [6.07, 6.45) is 3.52. The molecule has 6 heteroatoms. The number of benzene rings is 2. The third kappa shape index (κ3) is 3.15. The molecule has 170 valence electrons. The number of rotatable bonds is 2. The summed E-state index contributed by atoms with van der Waals surface area (Å²) in [5, 5.41) is 11.7. The van der Waals surface area contributed by atoms with Crippen molar-refractivity contribution in [2.45, 2.75) is 70.1 Å². The predicted molar refractivity (Wildman–Crippen MR) is 127 cm³/mol. The van der Waals surface area contributed by atoms with Crippen LogP contribution in [0.1, 0.15) is 57.4 Å². The first-order valence-electron chi connectivity index (χ1n) is 11.2. The van der Waals surface area contributed by atoms with Gasteiger partial charge in [0.05, 0.1) is 5.56 Å². The van der Waals surface area contributed by atoms with Gasteiger partial charge in [0.25, 0.3) is 0 Å². The van der Waals surface area contributed by atoms with Crippen molar-refractivity contribution in [2.24, 2.45) is 0 Å². The number of fused-ring (bicyclic) bond motifs is 7. The van der Waals surface area contributed by atoms with Crippen molar-refractivity contribution in [3.63, 3.8) is 0 Å². The van der Waals surface area contributed by atoms with E-state index in [1.54, 1.807) is 0 Å². The molecule has 2 aromatic rings. The van der Waals surface area contributed by atoms with Crippen LogP contribution in [0, 0.1) is 0 Å². The second-order valence-corrected chi connectivity index (χ2v) is 15.9. The van der Waals surface area contributed by atoms with Crippen molar-refractivity contribution in [1.82, 2.24) is 0 Å². The molecule has 32 heavy (non-hydrogen) atoms. The lowest BCUT2D eigenvalue weighted by Crippen LogP contribution is -2.43. The summed E-state index contributed by atoms with van der Waals surface area (Å²) in [4.78, 5) is 0. The largest absolute Gasteiger partial charge is 0.543 e. The van der Waals surface area contributed by atoms with Gasteiger partial charge in [0.2, 0.25) is 8.32 Å².